The second-order valence-electron chi connectivity index (χ2n) is 8.99. The van der Waals surface area contributed by atoms with Gasteiger partial charge in [0, 0.05) is 0 Å². The normalized spacial score (nSPS) is 41.0. The van der Waals surface area contributed by atoms with Crippen LogP contribution in [-0.4, -0.2) is 13.4 Å². The SMILES string of the molecule is CCC(B1C2CCCC1CCC2)B1C2CCCC1CCC2. The highest BCUT2D eigenvalue weighted by Gasteiger charge is 2.51. The van der Waals surface area contributed by atoms with Gasteiger partial charge >= 0.3 is 0 Å². The minimum absolute atomic E-state index is 1.11. The van der Waals surface area contributed by atoms with Crippen LogP contribution in [0.2, 0.25) is 29.0 Å². The lowest BCUT2D eigenvalue weighted by Crippen LogP contribution is -2.49. The van der Waals surface area contributed by atoms with E-state index in [-0.39, 0.29) is 0 Å². The summed E-state index contributed by atoms with van der Waals surface area (Å²) in [7, 11) is 0. The predicted molar refractivity (Wildman–Crippen MR) is 96.0 cm³/mol. The van der Waals surface area contributed by atoms with E-state index in [4.69, 9.17) is 0 Å². The van der Waals surface area contributed by atoms with E-state index in [0.29, 0.717) is 0 Å². The van der Waals surface area contributed by atoms with Crippen molar-refractivity contribution in [2.45, 2.75) is 119 Å². The minimum atomic E-state index is 1.11. The molecule has 0 atom stereocenters. The third kappa shape index (κ3) is 2.63. The summed E-state index contributed by atoms with van der Waals surface area (Å²) in [6, 6.07) is 0. The van der Waals surface area contributed by atoms with Crippen LogP contribution >= 0.6 is 0 Å². The van der Waals surface area contributed by atoms with E-state index in [1.165, 1.54) is 6.42 Å². The zero-order valence-corrected chi connectivity index (χ0v) is 14.2. The molecule has 4 fully saturated rings. The van der Waals surface area contributed by atoms with Crippen molar-refractivity contribution in [3.63, 3.8) is 0 Å². The molecule has 2 heteroatoms. The molecule has 0 aliphatic carbocycles. The van der Waals surface area contributed by atoms with Crippen LogP contribution < -0.4 is 0 Å². The van der Waals surface area contributed by atoms with Crippen LogP contribution in [0.4, 0.5) is 0 Å². The Bertz CT molecular complexity index is 279. The van der Waals surface area contributed by atoms with Gasteiger partial charge in [-0.05, 0) is 0 Å². The third-order valence-corrected chi connectivity index (χ3v) is 8.24. The number of hydrogen-bond acceptors (Lipinski definition) is 0. The van der Waals surface area contributed by atoms with Gasteiger partial charge in [0.2, 0.25) is 0 Å². The van der Waals surface area contributed by atoms with Gasteiger partial charge < -0.3 is 0 Å². The predicted octanol–water partition coefficient (Wildman–Crippen LogP) is 6.51. The molecule has 4 saturated heterocycles. The minimum Gasteiger partial charge on any atom is -0.0822 e. The van der Waals surface area contributed by atoms with Gasteiger partial charge in [0.05, 0.1) is 0 Å². The molecule has 4 rings (SSSR count). The van der Waals surface area contributed by atoms with Crippen molar-refractivity contribution < 1.29 is 0 Å². The maximum Gasteiger partial charge on any atom is 0.142 e. The van der Waals surface area contributed by atoms with Crippen LogP contribution in [0.1, 0.15) is 90.4 Å². The van der Waals surface area contributed by atoms with E-state index in [1.54, 1.807) is 77.0 Å². The summed E-state index contributed by atoms with van der Waals surface area (Å²) >= 11 is 0. The molecule has 0 nitrogen and oxygen atoms in total. The van der Waals surface area contributed by atoms with E-state index in [2.05, 4.69) is 6.92 Å². The summed E-state index contributed by atoms with van der Waals surface area (Å²) in [4.78, 5) is 0. The lowest BCUT2D eigenvalue weighted by atomic mass is 9.07. The zero-order valence-electron chi connectivity index (χ0n) is 14.2. The molecule has 116 valence electrons. The first kappa shape index (κ1) is 14.7. The van der Waals surface area contributed by atoms with Crippen LogP contribution in [0.25, 0.3) is 0 Å². The maximum atomic E-state index is 2.54. The quantitative estimate of drug-likeness (QED) is 0.518. The molecule has 0 aromatic rings. The first-order valence-corrected chi connectivity index (χ1v) is 10.4. The molecule has 4 aliphatic heterocycles. The first-order chi connectivity index (χ1) is 10.4. The highest BCUT2D eigenvalue weighted by molar-refractivity contribution is 6.83. The van der Waals surface area contributed by atoms with Crippen molar-refractivity contribution in [2.24, 2.45) is 0 Å². The molecular formula is C19H34B2. The summed E-state index contributed by atoms with van der Waals surface area (Å²) < 4.78 is 0. The Labute approximate surface area is 133 Å². The van der Waals surface area contributed by atoms with E-state index in [9.17, 15) is 0 Å². The Morgan fingerprint density at radius 1 is 0.619 bits per heavy atom. The van der Waals surface area contributed by atoms with E-state index < -0.39 is 0 Å². The summed E-state index contributed by atoms with van der Waals surface area (Å²) in [6.07, 6.45) is 20.4. The molecule has 4 aliphatic rings. The molecule has 0 aromatic heterocycles. The van der Waals surface area contributed by atoms with Gasteiger partial charge in [-0.15, -0.1) is 0 Å². The van der Waals surface area contributed by atoms with Gasteiger partial charge in [-0.2, -0.15) is 0 Å². The molecule has 0 radical (unpaired) electrons. The Morgan fingerprint density at radius 2 is 0.905 bits per heavy atom. The lowest BCUT2D eigenvalue weighted by molar-refractivity contribution is 0.423. The van der Waals surface area contributed by atoms with Crippen molar-refractivity contribution in [3.8, 4) is 0 Å². The highest BCUT2D eigenvalue weighted by Crippen LogP contribution is 2.57. The van der Waals surface area contributed by atoms with Crippen LogP contribution in [-0.2, 0) is 0 Å². The lowest BCUT2D eigenvalue weighted by Gasteiger charge is -2.51. The molecule has 4 heterocycles. The highest BCUT2D eigenvalue weighted by atomic mass is 14.3. The van der Waals surface area contributed by atoms with Gasteiger partial charge in [0.15, 0.2) is 0 Å². The molecular weight excluding hydrogens is 250 g/mol. The number of rotatable bonds is 3. The van der Waals surface area contributed by atoms with Crippen molar-refractivity contribution in [2.75, 3.05) is 0 Å². The summed E-state index contributed by atoms with van der Waals surface area (Å²) in [6.45, 7) is 4.83. The second-order valence-corrected chi connectivity index (χ2v) is 8.99. The number of hydrogen-bond donors (Lipinski definition) is 0. The van der Waals surface area contributed by atoms with Crippen molar-refractivity contribution in [3.05, 3.63) is 0 Å². The Hall–Kier alpha value is 0.130. The topological polar surface area (TPSA) is 0 Å². The van der Waals surface area contributed by atoms with Gasteiger partial charge in [-0.3, -0.25) is 0 Å². The second kappa shape index (κ2) is 6.32. The summed E-state index contributed by atoms with van der Waals surface area (Å²) in [5.74, 6) is 4.52. The Morgan fingerprint density at radius 3 is 1.14 bits per heavy atom. The van der Waals surface area contributed by atoms with Crippen molar-refractivity contribution >= 4 is 13.4 Å². The zero-order chi connectivity index (χ0) is 14.2. The fourth-order valence-corrected chi connectivity index (χ4v) is 7.65. The monoisotopic (exact) mass is 284 g/mol. The number of fused-ring (bicyclic) bond motifs is 4. The van der Waals surface area contributed by atoms with Crippen molar-refractivity contribution in [1.29, 1.82) is 0 Å². The van der Waals surface area contributed by atoms with E-state index in [0.717, 1.165) is 42.4 Å². The Kier molecular flexibility index (Phi) is 4.43. The molecule has 0 N–H and O–H groups in total. The molecule has 4 bridgehead atoms. The molecule has 0 amide bonds. The summed E-state index contributed by atoms with van der Waals surface area (Å²) in [5.41, 5.74) is 1.11. The van der Waals surface area contributed by atoms with Gasteiger partial charge in [-0.25, -0.2) is 0 Å². The van der Waals surface area contributed by atoms with Crippen LogP contribution in [0.15, 0.2) is 0 Å². The third-order valence-electron chi connectivity index (χ3n) is 8.24. The van der Waals surface area contributed by atoms with Crippen LogP contribution in [0, 0.1) is 0 Å². The fraction of sp³-hybridized carbons (Fsp3) is 1.00. The van der Waals surface area contributed by atoms with E-state index >= 15 is 0 Å². The van der Waals surface area contributed by atoms with Gasteiger partial charge in [-0.1, -0.05) is 119 Å². The van der Waals surface area contributed by atoms with E-state index in [1.807, 2.05) is 0 Å². The van der Waals surface area contributed by atoms with Gasteiger partial charge in [0.25, 0.3) is 0 Å². The summed E-state index contributed by atoms with van der Waals surface area (Å²) in [5, 5.41) is 0. The van der Waals surface area contributed by atoms with Crippen LogP contribution in [0.3, 0.4) is 0 Å². The largest absolute Gasteiger partial charge is 0.142 e. The fourth-order valence-electron chi connectivity index (χ4n) is 7.65. The molecule has 21 heavy (non-hydrogen) atoms. The smallest absolute Gasteiger partial charge is 0.0822 e. The standard InChI is InChI=1S/C19H34B2/c1-2-19(20-15-7-3-8-16(20)10-4-9-15)21-17-11-5-12-18(21)14-6-13-17/h15-19H,2-14H2,1H3. The average molecular weight is 284 g/mol. The van der Waals surface area contributed by atoms with Gasteiger partial charge in [0.1, 0.15) is 13.4 Å². The van der Waals surface area contributed by atoms with Crippen molar-refractivity contribution in [1.82, 2.24) is 0 Å². The molecule has 0 saturated carbocycles. The molecule has 0 unspecified atom stereocenters. The molecule has 0 spiro atoms. The average Bonchev–Trinajstić information content (AvgIpc) is 2.47. The van der Waals surface area contributed by atoms with Crippen LogP contribution in [0.5, 0.6) is 0 Å². The first-order valence-electron chi connectivity index (χ1n) is 10.4. The maximum absolute atomic E-state index is 2.54. The molecule has 0 aromatic carbocycles. The Balaban J connectivity index is 1.58.